The molecule has 0 saturated carbocycles. The first kappa shape index (κ1) is 13.0. The molecule has 0 aromatic heterocycles. The maximum atomic E-state index is 13.2. The third-order valence-corrected chi connectivity index (χ3v) is 5.00. The summed E-state index contributed by atoms with van der Waals surface area (Å²) in [5, 5.41) is 0.594. The van der Waals surface area contributed by atoms with Crippen LogP contribution in [-0.2, 0) is 5.88 Å². The van der Waals surface area contributed by atoms with E-state index in [1.165, 1.54) is 6.07 Å². The maximum Gasteiger partial charge on any atom is 0.123 e. The fraction of sp³-hybridized carbons (Fsp3) is 0.538. The monoisotopic (exact) mass is 273 g/mol. The summed E-state index contributed by atoms with van der Waals surface area (Å²) in [4.78, 5) is 2.35. The Balaban J connectivity index is 2.32. The molecule has 1 fully saturated rings. The Morgan fingerprint density at radius 3 is 2.94 bits per heavy atom. The van der Waals surface area contributed by atoms with Gasteiger partial charge in [0.15, 0.2) is 0 Å². The van der Waals surface area contributed by atoms with Gasteiger partial charge in [0.1, 0.15) is 5.82 Å². The van der Waals surface area contributed by atoms with E-state index < -0.39 is 0 Å². The second-order valence-corrected chi connectivity index (χ2v) is 6.17. The molecule has 4 heteroatoms. The maximum absolute atomic E-state index is 13.2. The summed E-state index contributed by atoms with van der Waals surface area (Å²) in [5.41, 5.74) is 1.97. The summed E-state index contributed by atoms with van der Waals surface area (Å²) in [6.45, 7) is 5.47. The molecule has 1 heterocycles. The Hall–Kier alpha value is -0.410. The molecule has 94 valence electrons. The van der Waals surface area contributed by atoms with Crippen molar-refractivity contribution in [1.82, 2.24) is 0 Å². The molecule has 1 aromatic rings. The largest absolute Gasteiger partial charge is 0.367 e. The Labute approximate surface area is 111 Å². The number of halogens is 2. The lowest BCUT2D eigenvalue weighted by atomic mass is 10.1. The van der Waals surface area contributed by atoms with Crippen molar-refractivity contribution in [1.29, 1.82) is 0 Å². The van der Waals surface area contributed by atoms with Crippen molar-refractivity contribution in [2.24, 2.45) is 0 Å². The predicted octanol–water partition coefficient (Wildman–Crippen LogP) is 3.89. The van der Waals surface area contributed by atoms with E-state index in [-0.39, 0.29) is 5.82 Å². The molecule has 1 aliphatic rings. The van der Waals surface area contributed by atoms with Gasteiger partial charge in [-0.1, -0.05) is 6.92 Å². The van der Waals surface area contributed by atoms with E-state index in [4.69, 9.17) is 11.6 Å². The minimum atomic E-state index is -0.212. The molecule has 0 radical (unpaired) electrons. The molecule has 1 aliphatic heterocycles. The van der Waals surface area contributed by atoms with Gasteiger partial charge in [0.25, 0.3) is 0 Å². The van der Waals surface area contributed by atoms with Crippen LogP contribution >= 0.6 is 23.4 Å². The first-order chi connectivity index (χ1) is 8.13. The fourth-order valence-electron chi connectivity index (χ4n) is 2.21. The number of alkyl halides is 1. The highest BCUT2D eigenvalue weighted by Crippen LogP contribution is 2.32. The molecule has 0 bridgehead atoms. The molecule has 1 aromatic carbocycles. The van der Waals surface area contributed by atoms with E-state index in [0.29, 0.717) is 17.2 Å². The molecule has 2 unspecified atom stereocenters. The average molecular weight is 274 g/mol. The topological polar surface area (TPSA) is 3.24 Å². The second kappa shape index (κ2) is 5.49. The number of hydrogen-bond acceptors (Lipinski definition) is 2. The van der Waals surface area contributed by atoms with Gasteiger partial charge < -0.3 is 4.90 Å². The Morgan fingerprint density at radius 2 is 2.24 bits per heavy atom. The highest BCUT2D eigenvalue weighted by molar-refractivity contribution is 8.00. The lowest BCUT2D eigenvalue weighted by Crippen LogP contribution is -2.45. The van der Waals surface area contributed by atoms with Gasteiger partial charge in [-0.05, 0) is 30.7 Å². The van der Waals surface area contributed by atoms with Gasteiger partial charge in [-0.2, -0.15) is 11.8 Å². The number of benzene rings is 1. The van der Waals surface area contributed by atoms with Crippen molar-refractivity contribution in [3.05, 3.63) is 29.6 Å². The van der Waals surface area contributed by atoms with E-state index in [0.717, 1.165) is 23.5 Å². The highest BCUT2D eigenvalue weighted by atomic mass is 35.5. The Morgan fingerprint density at radius 1 is 1.47 bits per heavy atom. The van der Waals surface area contributed by atoms with Crippen molar-refractivity contribution < 1.29 is 4.39 Å². The summed E-state index contributed by atoms with van der Waals surface area (Å²) < 4.78 is 13.2. The fourth-order valence-corrected chi connectivity index (χ4v) is 3.53. The third-order valence-electron chi connectivity index (χ3n) is 3.38. The summed E-state index contributed by atoms with van der Waals surface area (Å²) in [6.07, 6.45) is 0. The Kier molecular flexibility index (Phi) is 4.21. The number of anilines is 1. The summed E-state index contributed by atoms with van der Waals surface area (Å²) in [7, 11) is 0. The standard InChI is InChI=1S/C13H17ClFNS/c1-9-10(2)17-6-5-16(9)13-4-3-12(15)7-11(13)8-14/h3-4,7,9-10H,5-6,8H2,1-2H3. The molecule has 0 N–H and O–H groups in total. The zero-order chi connectivity index (χ0) is 12.4. The molecular weight excluding hydrogens is 257 g/mol. The van der Waals surface area contributed by atoms with Crippen LogP contribution in [0.4, 0.5) is 10.1 Å². The summed E-state index contributed by atoms with van der Waals surface area (Å²) in [5.74, 6) is 1.26. The van der Waals surface area contributed by atoms with Crippen LogP contribution in [0.5, 0.6) is 0 Å². The van der Waals surface area contributed by atoms with Crippen molar-refractivity contribution >= 4 is 29.1 Å². The molecule has 1 saturated heterocycles. The molecule has 0 spiro atoms. The second-order valence-electron chi connectivity index (χ2n) is 4.42. The van der Waals surface area contributed by atoms with Crippen LogP contribution in [0.15, 0.2) is 18.2 Å². The van der Waals surface area contributed by atoms with Gasteiger partial charge >= 0.3 is 0 Å². The van der Waals surface area contributed by atoms with Crippen molar-refractivity contribution in [3.63, 3.8) is 0 Å². The molecule has 0 aliphatic carbocycles. The minimum Gasteiger partial charge on any atom is -0.367 e. The average Bonchev–Trinajstić information content (AvgIpc) is 2.33. The van der Waals surface area contributed by atoms with E-state index in [2.05, 4.69) is 18.7 Å². The molecule has 1 nitrogen and oxygen atoms in total. The van der Waals surface area contributed by atoms with Gasteiger partial charge in [-0.25, -0.2) is 4.39 Å². The molecule has 2 atom stereocenters. The number of hydrogen-bond donors (Lipinski definition) is 0. The van der Waals surface area contributed by atoms with Gasteiger partial charge in [-0.3, -0.25) is 0 Å². The number of nitrogens with zero attached hydrogens (tertiary/aromatic N) is 1. The first-order valence-corrected chi connectivity index (χ1v) is 7.44. The van der Waals surface area contributed by atoms with Crippen LogP contribution in [-0.4, -0.2) is 23.6 Å². The third kappa shape index (κ3) is 2.71. The van der Waals surface area contributed by atoms with Gasteiger partial charge in [0.2, 0.25) is 0 Å². The number of rotatable bonds is 2. The van der Waals surface area contributed by atoms with Crippen molar-refractivity contribution in [2.45, 2.75) is 31.0 Å². The molecule has 0 amide bonds. The van der Waals surface area contributed by atoms with Crippen LogP contribution in [0.2, 0.25) is 0 Å². The van der Waals surface area contributed by atoms with Crippen molar-refractivity contribution in [2.75, 3.05) is 17.2 Å². The smallest absolute Gasteiger partial charge is 0.123 e. The zero-order valence-electron chi connectivity index (χ0n) is 10.1. The zero-order valence-corrected chi connectivity index (χ0v) is 11.7. The van der Waals surface area contributed by atoms with E-state index in [9.17, 15) is 4.39 Å². The first-order valence-electron chi connectivity index (χ1n) is 5.86. The molecular formula is C13H17ClFNS. The van der Waals surface area contributed by atoms with Gasteiger partial charge in [0, 0.05) is 35.2 Å². The van der Waals surface area contributed by atoms with Crippen LogP contribution in [0.1, 0.15) is 19.4 Å². The van der Waals surface area contributed by atoms with E-state index in [1.807, 2.05) is 17.8 Å². The van der Waals surface area contributed by atoms with E-state index in [1.54, 1.807) is 6.07 Å². The Bertz CT molecular complexity index is 399. The molecule has 17 heavy (non-hydrogen) atoms. The summed E-state index contributed by atoms with van der Waals surface area (Å²) in [6, 6.07) is 5.37. The lowest BCUT2D eigenvalue weighted by molar-refractivity contribution is 0.614. The lowest BCUT2D eigenvalue weighted by Gasteiger charge is -2.40. The normalized spacial score (nSPS) is 25.1. The number of thioether (sulfide) groups is 1. The predicted molar refractivity (Wildman–Crippen MR) is 74.7 cm³/mol. The molecule has 2 rings (SSSR count). The van der Waals surface area contributed by atoms with Crippen molar-refractivity contribution in [3.8, 4) is 0 Å². The van der Waals surface area contributed by atoms with Crippen LogP contribution in [0.25, 0.3) is 0 Å². The SMILES string of the molecule is CC1SCCN(c2ccc(F)cc2CCl)C1C. The summed E-state index contributed by atoms with van der Waals surface area (Å²) >= 11 is 7.90. The highest BCUT2D eigenvalue weighted by Gasteiger charge is 2.26. The van der Waals surface area contributed by atoms with Crippen LogP contribution in [0.3, 0.4) is 0 Å². The minimum absolute atomic E-state index is 0.212. The van der Waals surface area contributed by atoms with E-state index >= 15 is 0 Å². The van der Waals surface area contributed by atoms with Gasteiger partial charge in [0.05, 0.1) is 0 Å². The van der Waals surface area contributed by atoms with Gasteiger partial charge in [-0.15, -0.1) is 11.6 Å². The van der Waals surface area contributed by atoms with Crippen LogP contribution < -0.4 is 4.90 Å². The van der Waals surface area contributed by atoms with Crippen LogP contribution in [0, 0.1) is 5.82 Å². The quantitative estimate of drug-likeness (QED) is 0.752.